The van der Waals surface area contributed by atoms with Gasteiger partial charge < -0.3 is 4.90 Å². The van der Waals surface area contributed by atoms with Gasteiger partial charge in [0.15, 0.2) is 0 Å². The summed E-state index contributed by atoms with van der Waals surface area (Å²) in [5, 5.41) is 5.13. The third-order valence-corrected chi connectivity index (χ3v) is 11.6. The van der Waals surface area contributed by atoms with Crippen LogP contribution in [0.4, 0.5) is 17.1 Å². The van der Waals surface area contributed by atoms with Crippen molar-refractivity contribution < 1.29 is 0 Å². The first-order valence-corrected chi connectivity index (χ1v) is 19.2. The topological polar surface area (TPSA) is 3.24 Å². The molecule has 0 aliphatic carbocycles. The monoisotopic (exact) mass is 705 g/mol. The normalized spacial score (nSPS) is 11.3. The van der Waals surface area contributed by atoms with Gasteiger partial charge in [-0.1, -0.05) is 152 Å². The number of benzene rings is 9. The van der Waals surface area contributed by atoms with E-state index in [1.54, 1.807) is 0 Å². The molecule has 0 radical (unpaired) electrons. The van der Waals surface area contributed by atoms with Gasteiger partial charge >= 0.3 is 0 Å². The Morgan fingerprint density at radius 1 is 0.296 bits per heavy atom. The molecule has 0 atom stereocenters. The van der Waals surface area contributed by atoms with E-state index in [9.17, 15) is 0 Å². The Balaban J connectivity index is 1.15. The number of anilines is 3. The van der Waals surface area contributed by atoms with Crippen LogP contribution in [-0.4, -0.2) is 0 Å². The zero-order valence-corrected chi connectivity index (χ0v) is 30.4. The molecule has 0 bridgehead atoms. The highest BCUT2D eigenvalue weighted by atomic mass is 32.1. The summed E-state index contributed by atoms with van der Waals surface area (Å²) in [7, 11) is 0. The molecule has 1 nitrogen and oxygen atoms in total. The van der Waals surface area contributed by atoms with Gasteiger partial charge in [-0.15, -0.1) is 11.3 Å². The first-order valence-electron chi connectivity index (χ1n) is 18.4. The van der Waals surface area contributed by atoms with Gasteiger partial charge in [0.25, 0.3) is 0 Å². The minimum absolute atomic E-state index is 1.10. The Morgan fingerprint density at radius 3 is 1.63 bits per heavy atom. The summed E-state index contributed by atoms with van der Waals surface area (Å²) in [6.07, 6.45) is 0. The Hall–Kier alpha value is -6.74. The van der Waals surface area contributed by atoms with Gasteiger partial charge in [0.1, 0.15) is 0 Å². The summed E-state index contributed by atoms with van der Waals surface area (Å²) < 4.78 is 2.64. The maximum atomic E-state index is 2.41. The van der Waals surface area contributed by atoms with E-state index >= 15 is 0 Å². The fraction of sp³-hybridized carbons (Fsp3) is 0. The van der Waals surface area contributed by atoms with Gasteiger partial charge in [-0.25, -0.2) is 0 Å². The Labute approximate surface area is 319 Å². The van der Waals surface area contributed by atoms with E-state index in [1.165, 1.54) is 75.5 Å². The predicted octanol–water partition coefficient (Wildman–Crippen LogP) is 15.3. The van der Waals surface area contributed by atoms with E-state index in [0.717, 1.165) is 17.1 Å². The quantitative estimate of drug-likeness (QED) is 0.160. The SMILES string of the molecule is c1ccc(-c2cc(-c3ccccc3)cc(N(c3ccc(-c4cccc5sc6ccccc6c45)cc3)c3cccc(-c4ccc5ccccc5c4)c3)c2)cc1. The zero-order valence-electron chi connectivity index (χ0n) is 29.6. The molecule has 0 spiro atoms. The standard InChI is InChI=1S/C52H35NS/c1-3-13-36(14-4-1)43-32-44(37-15-5-2-6-16-37)35-47(34-43)53(46-20-11-19-41(33-46)42-26-25-38-17-7-8-18-40(38)31-42)45-29-27-39(28-30-45)48-22-12-24-51-52(48)49-21-9-10-23-50(49)54-51/h1-35H. The van der Waals surface area contributed by atoms with Crippen LogP contribution in [0.2, 0.25) is 0 Å². The number of nitrogens with zero attached hydrogens (tertiary/aromatic N) is 1. The molecule has 10 rings (SSSR count). The van der Waals surface area contributed by atoms with Crippen molar-refractivity contribution in [2.45, 2.75) is 0 Å². The van der Waals surface area contributed by atoms with Crippen molar-refractivity contribution in [1.82, 2.24) is 0 Å². The fourth-order valence-corrected chi connectivity index (χ4v) is 8.91. The minimum Gasteiger partial charge on any atom is -0.310 e. The molecule has 0 saturated carbocycles. The number of hydrogen-bond acceptors (Lipinski definition) is 2. The van der Waals surface area contributed by atoms with Crippen LogP contribution in [0.3, 0.4) is 0 Å². The van der Waals surface area contributed by atoms with Crippen LogP contribution >= 0.6 is 11.3 Å². The average molecular weight is 706 g/mol. The molecule has 0 amide bonds. The smallest absolute Gasteiger partial charge is 0.0473 e. The highest BCUT2D eigenvalue weighted by Gasteiger charge is 2.18. The van der Waals surface area contributed by atoms with Crippen molar-refractivity contribution in [3.63, 3.8) is 0 Å². The van der Waals surface area contributed by atoms with Crippen LogP contribution in [0.5, 0.6) is 0 Å². The number of thiophene rings is 1. The molecule has 1 aromatic heterocycles. The zero-order chi connectivity index (χ0) is 35.8. The number of fused-ring (bicyclic) bond motifs is 4. The number of hydrogen-bond donors (Lipinski definition) is 0. The first-order chi connectivity index (χ1) is 26.7. The second-order valence-corrected chi connectivity index (χ2v) is 14.9. The van der Waals surface area contributed by atoms with Crippen molar-refractivity contribution in [3.05, 3.63) is 212 Å². The molecule has 0 fully saturated rings. The van der Waals surface area contributed by atoms with Crippen molar-refractivity contribution in [2.24, 2.45) is 0 Å². The summed E-state index contributed by atoms with van der Waals surface area (Å²) in [6.45, 7) is 0. The van der Waals surface area contributed by atoms with E-state index < -0.39 is 0 Å². The van der Waals surface area contributed by atoms with Gasteiger partial charge in [-0.2, -0.15) is 0 Å². The lowest BCUT2D eigenvalue weighted by atomic mass is 9.96. The number of rotatable bonds is 7. The van der Waals surface area contributed by atoms with Crippen molar-refractivity contribution >= 4 is 59.3 Å². The molecule has 9 aromatic carbocycles. The summed E-state index contributed by atoms with van der Waals surface area (Å²) in [4.78, 5) is 2.41. The molecule has 0 unspecified atom stereocenters. The first kappa shape index (κ1) is 32.0. The van der Waals surface area contributed by atoms with E-state index in [0.29, 0.717) is 0 Å². The summed E-state index contributed by atoms with van der Waals surface area (Å²) in [5.41, 5.74) is 12.9. The van der Waals surface area contributed by atoms with Gasteiger partial charge in [-0.3, -0.25) is 0 Å². The van der Waals surface area contributed by atoms with E-state index in [2.05, 4.69) is 217 Å². The summed E-state index contributed by atoms with van der Waals surface area (Å²) in [5.74, 6) is 0. The van der Waals surface area contributed by atoms with Crippen LogP contribution in [0.1, 0.15) is 0 Å². The second kappa shape index (κ2) is 13.7. The maximum Gasteiger partial charge on any atom is 0.0473 e. The van der Waals surface area contributed by atoms with Gasteiger partial charge in [0.2, 0.25) is 0 Å². The van der Waals surface area contributed by atoms with Gasteiger partial charge in [-0.05, 0) is 116 Å². The third-order valence-electron chi connectivity index (χ3n) is 10.4. The molecule has 254 valence electrons. The molecule has 0 N–H and O–H groups in total. The van der Waals surface area contributed by atoms with Crippen LogP contribution < -0.4 is 4.90 Å². The lowest BCUT2D eigenvalue weighted by Crippen LogP contribution is -2.10. The average Bonchev–Trinajstić information content (AvgIpc) is 3.64. The lowest BCUT2D eigenvalue weighted by Gasteiger charge is -2.27. The second-order valence-electron chi connectivity index (χ2n) is 13.8. The summed E-state index contributed by atoms with van der Waals surface area (Å²) >= 11 is 1.86. The maximum absolute atomic E-state index is 2.41. The Morgan fingerprint density at radius 2 is 0.870 bits per heavy atom. The largest absolute Gasteiger partial charge is 0.310 e. The molecule has 0 saturated heterocycles. The molecule has 2 heteroatoms. The summed E-state index contributed by atoms with van der Waals surface area (Å²) in [6, 6.07) is 77.2. The Kier molecular flexibility index (Phi) is 8.09. The van der Waals surface area contributed by atoms with Crippen LogP contribution in [-0.2, 0) is 0 Å². The van der Waals surface area contributed by atoms with E-state index in [4.69, 9.17) is 0 Å². The third kappa shape index (κ3) is 5.93. The van der Waals surface area contributed by atoms with Gasteiger partial charge in [0.05, 0.1) is 0 Å². The van der Waals surface area contributed by atoms with Gasteiger partial charge in [0, 0.05) is 37.2 Å². The van der Waals surface area contributed by atoms with Crippen molar-refractivity contribution in [3.8, 4) is 44.5 Å². The van der Waals surface area contributed by atoms with Crippen LogP contribution in [0.25, 0.3) is 75.5 Å². The highest BCUT2D eigenvalue weighted by Crippen LogP contribution is 2.43. The molecule has 54 heavy (non-hydrogen) atoms. The molecular weight excluding hydrogens is 671 g/mol. The predicted molar refractivity (Wildman–Crippen MR) is 233 cm³/mol. The van der Waals surface area contributed by atoms with Crippen LogP contribution in [0, 0.1) is 0 Å². The fourth-order valence-electron chi connectivity index (χ4n) is 7.78. The van der Waals surface area contributed by atoms with Crippen molar-refractivity contribution in [2.75, 3.05) is 4.90 Å². The van der Waals surface area contributed by atoms with E-state index in [-0.39, 0.29) is 0 Å². The lowest BCUT2D eigenvalue weighted by molar-refractivity contribution is 1.28. The molecule has 1 heterocycles. The Bertz CT molecular complexity index is 2870. The highest BCUT2D eigenvalue weighted by molar-refractivity contribution is 7.25. The molecule has 0 aliphatic heterocycles. The van der Waals surface area contributed by atoms with Crippen molar-refractivity contribution in [1.29, 1.82) is 0 Å². The molecule has 0 aliphatic rings. The molecule has 10 aromatic rings. The minimum atomic E-state index is 1.10. The molecular formula is C52H35NS. The van der Waals surface area contributed by atoms with E-state index in [1.807, 2.05) is 11.3 Å². The van der Waals surface area contributed by atoms with Crippen LogP contribution in [0.15, 0.2) is 212 Å².